The zero-order chi connectivity index (χ0) is 13.6. The molecule has 19 heavy (non-hydrogen) atoms. The lowest BCUT2D eigenvalue weighted by Gasteiger charge is -1.96. The van der Waals surface area contributed by atoms with Gasteiger partial charge in [-0.25, -0.2) is 4.39 Å². The third-order valence-corrected chi connectivity index (χ3v) is 4.67. The molecule has 0 aliphatic heterocycles. The lowest BCUT2D eigenvalue weighted by molar-refractivity contribution is 0.101. The molecular weight excluding hydrogens is 331 g/mol. The van der Waals surface area contributed by atoms with E-state index in [2.05, 4.69) is 15.9 Å². The van der Waals surface area contributed by atoms with Crippen molar-refractivity contribution in [3.63, 3.8) is 0 Å². The number of carbonyl (C=O) groups is 1. The number of ketones is 1. The monoisotopic (exact) mass is 338 g/mol. The second-order valence-electron chi connectivity index (χ2n) is 4.16. The summed E-state index contributed by atoms with van der Waals surface area (Å²) in [4.78, 5) is 12.4. The highest BCUT2D eigenvalue weighted by Gasteiger charge is 2.21. The summed E-state index contributed by atoms with van der Waals surface area (Å²) in [6, 6.07) is 4.24. The maximum atomic E-state index is 13.2. The van der Waals surface area contributed by atoms with Crippen LogP contribution in [0.3, 0.4) is 0 Å². The quantitative estimate of drug-likeness (QED) is 0.620. The summed E-state index contributed by atoms with van der Waals surface area (Å²) in [5, 5.41) is 4.24. The number of rotatable bonds is 2. The Labute approximate surface area is 121 Å². The van der Waals surface area contributed by atoms with Gasteiger partial charge in [0.05, 0.1) is 5.56 Å². The Morgan fingerprint density at radius 1 is 1.37 bits per heavy atom. The van der Waals surface area contributed by atoms with Crippen molar-refractivity contribution in [3.05, 3.63) is 56.1 Å². The van der Waals surface area contributed by atoms with Crippen LogP contribution in [0.25, 0.3) is 11.0 Å². The molecule has 5 heteroatoms. The molecule has 0 saturated heterocycles. The molecule has 0 spiro atoms. The summed E-state index contributed by atoms with van der Waals surface area (Å²) in [6.07, 6.45) is 0. The molecule has 2 nitrogen and oxygen atoms in total. The van der Waals surface area contributed by atoms with Crippen molar-refractivity contribution in [1.29, 1.82) is 0 Å². The number of benzene rings is 1. The van der Waals surface area contributed by atoms with Gasteiger partial charge in [0.2, 0.25) is 5.78 Å². The highest BCUT2D eigenvalue weighted by Crippen LogP contribution is 2.30. The van der Waals surface area contributed by atoms with Crippen molar-refractivity contribution in [2.75, 3.05) is 0 Å². The van der Waals surface area contributed by atoms with Crippen LogP contribution in [-0.4, -0.2) is 5.78 Å². The molecule has 0 N–H and O–H groups in total. The van der Waals surface area contributed by atoms with E-state index in [1.54, 1.807) is 12.3 Å². The molecule has 3 aromatic rings. The molecule has 1 aromatic carbocycles. The minimum atomic E-state index is -0.341. The number of hydrogen-bond acceptors (Lipinski definition) is 3. The number of furan rings is 1. The average Bonchev–Trinajstić information content (AvgIpc) is 2.94. The van der Waals surface area contributed by atoms with Crippen LogP contribution in [0.4, 0.5) is 4.39 Å². The first-order valence-corrected chi connectivity index (χ1v) is 7.26. The Morgan fingerprint density at radius 3 is 2.84 bits per heavy atom. The Hall–Kier alpha value is -1.46. The third kappa shape index (κ3) is 2.03. The SMILES string of the molecule is Cc1c(C(=O)c2cscc2Br)oc2ccc(F)cc12. The molecule has 0 atom stereocenters. The number of carbonyl (C=O) groups excluding carboxylic acids is 1. The van der Waals surface area contributed by atoms with Gasteiger partial charge >= 0.3 is 0 Å². The summed E-state index contributed by atoms with van der Waals surface area (Å²) < 4.78 is 19.5. The van der Waals surface area contributed by atoms with Crippen LogP contribution in [0.1, 0.15) is 21.7 Å². The third-order valence-electron chi connectivity index (χ3n) is 2.96. The second-order valence-corrected chi connectivity index (χ2v) is 5.76. The molecule has 96 valence electrons. The van der Waals surface area contributed by atoms with Gasteiger partial charge in [-0.2, -0.15) is 11.3 Å². The minimum Gasteiger partial charge on any atom is -0.452 e. The molecule has 2 aromatic heterocycles. The molecular formula is C14H8BrFO2S. The molecule has 2 heterocycles. The summed E-state index contributed by atoms with van der Waals surface area (Å²) in [5.41, 5.74) is 1.75. The Bertz CT molecular complexity index is 788. The standard InChI is InChI=1S/C14H8BrFO2S/c1-7-9-4-8(16)2-3-12(9)18-14(7)13(17)10-5-19-6-11(10)15/h2-6H,1H3. The molecule has 0 amide bonds. The Kier molecular flexibility index (Phi) is 3.03. The van der Waals surface area contributed by atoms with Gasteiger partial charge in [0.25, 0.3) is 0 Å². The molecule has 0 radical (unpaired) electrons. The highest BCUT2D eigenvalue weighted by molar-refractivity contribution is 9.10. The lowest BCUT2D eigenvalue weighted by Crippen LogP contribution is -2.00. The van der Waals surface area contributed by atoms with Gasteiger partial charge in [0.15, 0.2) is 5.76 Å². The van der Waals surface area contributed by atoms with E-state index in [-0.39, 0.29) is 17.4 Å². The zero-order valence-electron chi connectivity index (χ0n) is 9.87. The van der Waals surface area contributed by atoms with E-state index in [4.69, 9.17) is 4.42 Å². The lowest BCUT2D eigenvalue weighted by atomic mass is 10.1. The van der Waals surface area contributed by atoms with Gasteiger partial charge in [0.1, 0.15) is 11.4 Å². The number of aryl methyl sites for hydroxylation is 1. The predicted octanol–water partition coefficient (Wildman–Crippen LogP) is 4.94. The van der Waals surface area contributed by atoms with Crippen LogP contribution in [0.5, 0.6) is 0 Å². The molecule has 0 bridgehead atoms. The van der Waals surface area contributed by atoms with E-state index >= 15 is 0 Å². The van der Waals surface area contributed by atoms with E-state index in [0.717, 1.165) is 4.47 Å². The normalized spacial score (nSPS) is 11.1. The van der Waals surface area contributed by atoms with Crippen LogP contribution in [0.2, 0.25) is 0 Å². The van der Waals surface area contributed by atoms with Crippen molar-refractivity contribution < 1.29 is 13.6 Å². The van der Waals surface area contributed by atoms with Gasteiger partial charge in [-0.15, -0.1) is 0 Å². The largest absolute Gasteiger partial charge is 0.452 e. The fraction of sp³-hybridized carbons (Fsp3) is 0.0714. The highest BCUT2D eigenvalue weighted by atomic mass is 79.9. The van der Waals surface area contributed by atoms with Gasteiger partial charge in [0, 0.05) is 26.2 Å². The van der Waals surface area contributed by atoms with E-state index < -0.39 is 0 Å². The molecule has 3 rings (SSSR count). The van der Waals surface area contributed by atoms with Crippen molar-refractivity contribution in [2.24, 2.45) is 0 Å². The average molecular weight is 339 g/mol. The van der Waals surface area contributed by atoms with Crippen LogP contribution < -0.4 is 0 Å². The predicted molar refractivity (Wildman–Crippen MR) is 76.4 cm³/mol. The Morgan fingerprint density at radius 2 is 2.16 bits per heavy atom. The van der Waals surface area contributed by atoms with Gasteiger partial charge in [-0.1, -0.05) is 0 Å². The topological polar surface area (TPSA) is 30.2 Å². The maximum Gasteiger partial charge on any atom is 0.230 e. The van der Waals surface area contributed by atoms with Crippen LogP contribution >= 0.6 is 27.3 Å². The Balaban J connectivity index is 2.18. The zero-order valence-corrected chi connectivity index (χ0v) is 12.3. The molecule has 0 unspecified atom stereocenters. The first kappa shape index (κ1) is 12.6. The van der Waals surface area contributed by atoms with E-state index in [1.165, 1.54) is 29.5 Å². The molecule has 0 fully saturated rings. The van der Waals surface area contributed by atoms with E-state index in [9.17, 15) is 9.18 Å². The number of fused-ring (bicyclic) bond motifs is 1. The maximum absolute atomic E-state index is 13.2. The van der Waals surface area contributed by atoms with Crippen LogP contribution in [0, 0.1) is 12.7 Å². The number of hydrogen-bond donors (Lipinski definition) is 0. The van der Waals surface area contributed by atoms with Crippen molar-refractivity contribution in [3.8, 4) is 0 Å². The first-order valence-electron chi connectivity index (χ1n) is 5.53. The summed E-state index contributed by atoms with van der Waals surface area (Å²) >= 11 is 4.77. The number of halogens is 2. The molecule has 0 aliphatic rings. The summed E-state index contributed by atoms with van der Waals surface area (Å²) in [5.74, 6) is -0.269. The molecule has 0 saturated carbocycles. The fourth-order valence-corrected chi connectivity index (χ4v) is 3.43. The van der Waals surface area contributed by atoms with Gasteiger partial charge < -0.3 is 4.42 Å². The smallest absolute Gasteiger partial charge is 0.230 e. The van der Waals surface area contributed by atoms with E-state index in [0.29, 0.717) is 22.1 Å². The van der Waals surface area contributed by atoms with E-state index in [1.807, 2.05) is 5.38 Å². The van der Waals surface area contributed by atoms with Crippen molar-refractivity contribution in [2.45, 2.75) is 6.92 Å². The van der Waals surface area contributed by atoms with Gasteiger partial charge in [-0.3, -0.25) is 4.79 Å². The van der Waals surface area contributed by atoms with Crippen molar-refractivity contribution in [1.82, 2.24) is 0 Å². The van der Waals surface area contributed by atoms with Crippen molar-refractivity contribution >= 4 is 44.0 Å². The summed E-state index contributed by atoms with van der Waals surface area (Å²) in [7, 11) is 0. The van der Waals surface area contributed by atoms with Crippen LogP contribution in [0.15, 0.2) is 37.8 Å². The van der Waals surface area contributed by atoms with Crippen LogP contribution in [-0.2, 0) is 0 Å². The minimum absolute atomic E-state index is 0.192. The summed E-state index contributed by atoms with van der Waals surface area (Å²) in [6.45, 7) is 1.76. The number of thiophene rings is 1. The fourth-order valence-electron chi connectivity index (χ4n) is 1.98. The second kappa shape index (κ2) is 4.58. The molecule has 0 aliphatic carbocycles. The first-order chi connectivity index (χ1) is 9.08. The van der Waals surface area contributed by atoms with Gasteiger partial charge in [-0.05, 0) is 41.1 Å².